The van der Waals surface area contributed by atoms with Gasteiger partial charge in [0.1, 0.15) is 5.75 Å². The molecular formula is C11H17NO. The lowest BCUT2D eigenvalue weighted by Crippen LogP contribution is -2.33. The van der Waals surface area contributed by atoms with Crippen LogP contribution >= 0.6 is 0 Å². The van der Waals surface area contributed by atoms with Crippen molar-refractivity contribution < 1.29 is 4.74 Å². The van der Waals surface area contributed by atoms with Crippen molar-refractivity contribution in [2.24, 2.45) is 0 Å². The van der Waals surface area contributed by atoms with E-state index >= 15 is 0 Å². The Morgan fingerprint density at radius 1 is 1.23 bits per heavy atom. The first kappa shape index (κ1) is 10.1. The molecule has 0 saturated carbocycles. The molecule has 0 aliphatic heterocycles. The molecule has 1 rings (SSSR count). The summed E-state index contributed by atoms with van der Waals surface area (Å²) in [5.41, 5.74) is 1.13. The van der Waals surface area contributed by atoms with Crippen molar-refractivity contribution in [1.29, 1.82) is 0 Å². The Kier molecular flexibility index (Phi) is 2.94. The van der Waals surface area contributed by atoms with E-state index in [0.29, 0.717) is 0 Å². The van der Waals surface area contributed by atoms with Crippen LogP contribution in [0.3, 0.4) is 0 Å². The molecule has 0 atom stereocenters. The molecule has 0 aromatic heterocycles. The summed E-state index contributed by atoms with van der Waals surface area (Å²) in [6.07, 6.45) is 0. The van der Waals surface area contributed by atoms with Crippen LogP contribution in [0.2, 0.25) is 0 Å². The number of rotatable bonds is 3. The highest BCUT2D eigenvalue weighted by molar-refractivity contribution is 5.38. The van der Waals surface area contributed by atoms with Crippen LogP contribution in [-0.4, -0.2) is 14.2 Å². The molecule has 1 N–H and O–H groups in total. The molecule has 0 bridgehead atoms. The minimum absolute atomic E-state index is 0.0490. The van der Waals surface area contributed by atoms with Crippen LogP contribution in [0.4, 0.5) is 0 Å². The third-order valence-electron chi connectivity index (χ3n) is 2.41. The lowest BCUT2D eigenvalue weighted by Gasteiger charge is -2.26. The molecular weight excluding hydrogens is 162 g/mol. The summed E-state index contributed by atoms with van der Waals surface area (Å²) in [6.45, 7) is 4.26. The molecule has 0 unspecified atom stereocenters. The minimum Gasteiger partial charge on any atom is -0.496 e. The van der Waals surface area contributed by atoms with Gasteiger partial charge in [0.05, 0.1) is 7.11 Å². The van der Waals surface area contributed by atoms with Crippen molar-refractivity contribution in [2.75, 3.05) is 14.2 Å². The molecule has 1 aromatic carbocycles. The topological polar surface area (TPSA) is 21.3 Å². The van der Waals surface area contributed by atoms with Crippen LogP contribution in [0, 0.1) is 0 Å². The SMILES string of the molecule is CNC(C)(C)c1ccccc1OC. The second kappa shape index (κ2) is 3.79. The number of benzene rings is 1. The van der Waals surface area contributed by atoms with Crippen molar-refractivity contribution in [3.8, 4) is 5.75 Å². The maximum absolute atomic E-state index is 5.29. The van der Waals surface area contributed by atoms with Gasteiger partial charge in [0, 0.05) is 11.1 Å². The fourth-order valence-corrected chi connectivity index (χ4v) is 1.30. The van der Waals surface area contributed by atoms with Crippen molar-refractivity contribution in [1.82, 2.24) is 5.32 Å². The highest BCUT2D eigenvalue weighted by Crippen LogP contribution is 2.28. The van der Waals surface area contributed by atoms with Gasteiger partial charge < -0.3 is 10.1 Å². The van der Waals surface area contributed by atoms with E-state index < -0.39 is 0 Å². The second-order valence-electron chi connectivity index (χ2n) is 3.58. The fourth-order valence-electron chi connectivity index (χ4n) is 1.30. The number of hydrogen-bond acceptors (Lipinski definition) is 2. The highest BCUT2D eigenvalue weighted by Gasteiger charge is 2.21. The number of hydrogen-bond donors (Lipinski definition) is 1. The smallest absolute Gasteiger partial charge is 0.123 e. The summed E-state index contributed by atoms with van der Waals surface area (Å²) in [6, 6.07) is 8.06. The third kappa shape index (κ3) is 2.01. The Hall–Kier alpha value is -1.02. The molecule has 0 saturated heterocycles. The normalized spacial score (nSPS) is 11.4. The molecule has 13 heavy (non-hydrogen) atoms. The zero-order valence-corrected chi connectivity index (χ0v) is 8.72. The van der Waals surface area contributed by atoms with E-state index in [-0.39, 0.29) is 5.54 Å². The summed E-state index contributed by atoms with van der Waals surface area (Å²) in [5, 5.41) is 3.25. The number of methoxy groups -OCH3 is 1. The molecule has 0 aliphatic carbocycles. The van der Waals surface area contributed by atoms with Crippen LogP contribution < -0.4 is 10.1 Å². The van der Waals surface area contributed by atoms with Crippen LogP contribution in [0.5, 0.6) is 5.75 Å². The van der Waals surface area contributed by atoms with E-state index in [4.69, 9.17) is 4.74 Å². The van der Waals surface area contributed by atoms with Crippen LogP contribution in [0.1, 0.15) is 19.4 Å². The molecule has 0 aliphatic rings. The summed E-state index contributed by atoms with van der Waals surface area (Å²) >= 11 is 0. The average molecular weight is 179 g/mol. The Balaban J connectivity index is 3.12. The zero-order chi connectivity index (χ0) is 9.90. The van der Waals surface area contributed by atoms with Gasteiger partial charge >= 0.3 is 0 Å². The van der Waals surface area contributed by atoms with Gasteiger partial charge in [0.25, 0.3) is 0 Å². The fraction of sp³-hybridized carbons (Fsp3) is 0.455. The Bertz CT molecular complexity index is 281. The van der Waals surface area contributed by atoms with Gasteiger partial charge in [-0.05, 0) is 27.0 Å². The van der Waals surface area contributed by atoms with Gasteiger partial charge in [-0.25, -0.2) is 0 Å². The molecule has 72 valence electrons. The standard InChI is InChI=1S/C11H17NO/c1-11(2,12-3)9-7-5-6-8-10(9)13-4/h5-8,12H,1-4H3. The number of ether oxygens (including phenoxy) is 1. The first-order valence-corrected chi connectivity index (χ1v) is 4.44. The number of nitrogens with one attached hydrogen (secondary N) is 1. The minimum atomic E-state index is -0.0490. The first-order chi connectivity index (χ1) is 6.11. The zero-order valence-electron chi connectivity index (χ0n) is 8.72. The quantitative estimate of drug-likeness (QED) is 0.767. The summed E-state index contributed by atoms with van der Waals surface area (Å²) in [7, 11) is 3.65. The molecule has 2 heteroatoms. The number of para-hydroxylation sites is 1. The Morgan fingerprint density at radius 3 is 2.38 bits per heavy atom. The highest BCUT2D eigenvalue weighted by atomic mass is 16.5. The van der Waals surface area contributed by atoms with E-state index in [2.05, 4.69) is 25.2 Å². The van der Waals surface area contributed by atoms with Crippen LogP contribution in [-0.2, 0) is 5.54 Å². The van der Waals surface area contributed by atoms with Gasteiger partial charge in [-0.1, -0.05) is 18.2 Å². The maximum atomic E-state index is 5.29. The maximum Gasteiger partial charge on any atom is 0.123 e. The van der Waals surface area contributed by atoms with E-state index in [1.165, 1.54) is 5.56 Å². The van der Waals surface area contributed by atoms with Crippen molar-refractivity contribution in [3.63, 3.8) is 0 Å². The van der Waals surface area contributed by atoms with E-state index in [0.717, 1.165) is 5.75 Å². The molecule has 0 spiro atoms. The molecule has 0 heterocycles. The van der Waals surface area contributed by atoms with Gasteiger partial charge in [0.2, 0.25) is 0 Å². The first-order valence-electron chi connectivity index (χ1n) is 4.44. The average Bonchev–Trinajstić information content (AvgIpc) is 2.18. The molecule has 1 aromatic rings. The van der Waals surface area contributed by atoms with Crippen LogP contribution in [0.25, 0.3) is 0 Å². The Morgan fingerprint density at radius 2 is 1.85 bits per heavy atom. The predicted octanol–water partition coefficient (Wildman–Crippen LogP) is 2.15. The van der Waals surface area contributed by atoms with Crippen molar-refractivity contribution in [3.05, 3.63) is 29.8 Å². The van der Waals surface area contributed by atoms with E-state index in [9.17, 15) is 0 Å². The largest absolute Gasteiger partial charge is 0.496 e. The summed E-state index contributed by atoms with van der Waals surface area (Å²) in [5.74, 6) is 0.932. The van der Waals surface area contributed by atoms with Gasteiger partial charge in [-0.2, -0.15) is 0 Å². The van der Waals surface area contributed by atoms with E-state index in [1.54, 1.807) is 7.11 Å². The van der Waals surface area contributed by atoms with Gasteiger partial charge in [0.15, 0.2) is 0 Å². The molecule has 0 fully saturated rings. The molecule has 0 amide bonds. The van der Waals surface area contributed by atoms with Crippen LogP contribution in [0.15, 0.2) is 24.3 Å². The summed E-state index contributed by atoms with van der Waals surface area (Å²) in [4.78, 5) is 0. The van der Waals surface area contributed by atoms with Gasteiger partial charge in [-0.15, -0.1) is 0 Å². The lowest BCUT2D eigenvalue weighted by atomic mass is 9.94. The second-order valence-corrected chi connectivity index (χ2v) is 3.58. The Labute approximate surface area is 79.9 Å². The molecule has 0 radical (unpaired) electrons. The molecule has 2 nitrogen and oxygen atoms in total. The van der Waals surface area contributed by atoms with Crippen molar-refractivity contribution in [2.45, 2.75) is 19.4 Å². The van der Waals surface area contributed by atoms with E-state index in [1.807, 2.05) is 25.2 Å². The monoisotopic (exact) mass is 179 g/mol. The van der Waals surface area contributed by atoms with Gasteiger partial charge in [-0.3, -0.25) is 0 Å². The van der Waals surface area contributed by atoms with Crippen molar-refractivity contribution >= 4 is 0 Å². The third-order valence-corrected chi connectivity index (χ3v) is 2.41. The lowest BCUT2D eigenvalue weighted by molar-refractivity contribution is 0.375. The predicted molar refractivity (Wildman–Crippen MR) is 55.1 cm³/mol. The summed E-state index contributed by atoms with van der Waals surface area (Å²) < 4.78 is 5.29.